The highest BCUT2D eigenvalue weighted by Crippen LogP contribution is 2.14. The van der Waals surface area contributed by atoms with Gasteiger partial charge in [0.2, 0.25) is 0 Å². The number of halogens is 1. The molecule has 0 radical (unpaired) electrons. The van der Waals surface area contributed by atoms with Gasteiger partial charge in [-0.3, -0.25) is 4.79 Å². The van der Waals surface area contributed by atoms with Crippen molar-refractivity contribution in [3.63, 3.8) is 0 Å². The number of methoxy groups -OCH3 is 1. The molecule has 20 heavy (non-hydrogen) atoms. The van der Waals surface area contributed by atoms with Gasteiger partial charge in [0, 0.05) is 12.0 Å². The fraction of sp³-hybridized carbons (Fsp3) is 0.125. The number of hydrogen-bond acceptors (Lipinski definition) is 3. The number of ketones is 1. The molecule has 0 saturated heterocycles. The largest absolute Gasteiger partial charge is 0.465 e. The van der Waals surface area contributed by atoms with E-state index in [1.807, 2.05) is 6.07 Å². The Hall–Kier alpha value is -2.49. The molecule has 0 heterocycles. The molecule has 0 amide bonds. The SMILES string of the molecule is COC(=O)c1cc(CC(=O)c2ccccc2)ccc1F. The first-order chi connectivity index (χ1) is 9.61. The second-order valence-electron chi connectivity index (χ2n) is 4.27. The van der Waals surface area contributed by atoms with Gasteiger partial charge in [-0.15, -0.1) is 0 Å². The molecule has 0 atom stereocenters. The van der Waals surface area contributed by atoms with Crippen molar-refractivity contribution in [3.05, 3.63) is 71.0 Å². The number of esters is 1. The van der Waals surface area contributed by atoms with Gasteiger partial charge in [-0.1, -0.05) is 36.4 Å². The molecule has 0 fully saturated rings. The highest BCUT2D eigenvalue weighted by molar-refractivity contribution is 5.98. The van der Waals surface area contributed by atoms with Crippen molar-refractivity contribution in [3.8, 4) is 0 Å². The third kappa shape index (κ3) is 3.09. The lowest BCUT2D eigenvalue weighted by atomic mass is 10.0. The Labute approximate surface area is 116 Å². The average molecular weight is 272 g/mol. The van der Waals surface area contributed by atoms with Gasteiger partial charge in [0.05, 0.1) is 12.7 Å². The van der Waals surface area contributed by atoms with Crippen LogP contribution >= 0.6 is 0 Å². The molecular weight excluding hydrogens is 259 g/mol. The van der Waals surface area contributed by atoms with E-state index in [2.05, 4.69) is 4.74 Å². The first-order valence-electron chi connectivity index (χ1n) is 6.07. The Balaban J connectivity index is 2.22. The van der Waals surface area contributed by atoms with Crippen molar-refractivity contribution in [2.75, 3.05) is 7.11 Å². The zero-order valence-electron chi connectivity index (χ0n) is 10.9. The quantitative estimate of drug-likeness (QED) is 0.634. The number of Topliss-reactive ketones (excluding diaryl/α,β-unsaturated/α-hetero) is 1. The lowest BCUT2D eigenvalue weighted by Gasteiger charge is -2.05. The van der Waals surface area contributed by atoms with Crippen molar-refractivity contribution in [1.82, 2.24) is 0 Å². The number of carbonyl (C=O) groups is 2. The molecule has 0 aliphatic heterocycles. The second kappa shape index (κ2) is 6.10. The number of hydrogen-bond donors (Lipinski definition) is 0. The molecule has 0 saturated carbocycles. The minimum Gasteiger partial charge on any atom is -0.465 e. The molecule has 3 nitrogen and oxygen atoms in total. The smallest absolute Gasteiger partial charge is 0.340 e. The van der Waals surface area contributed by atoms with Gasteiger partial charge >= 0.3 is 5.97 Å². The van der Waals surface area contributed by atoms with Gasteiger partial charge in [-0.2, -0.15) is 0 Å². The van der Waals surface area contributed by atoms with Gasteiger partial charge in [0.1, 0.15) is 5.82 Å². The predicted molar refractivity (Wildman–Crippen MR) is 72.2 cm³/mol. The normalized spacial score (nSPS) is 10.1. The number of ether oxygens (including phenoxy) is 1. The lowest BCUT2D eigenvalue weighted by Crippen LogP contribution is -2.08. The second-order valence-corrected chi connectivity index (χ2v) is 4.27. The molecule has 0 N–H and O–H groups in total. The van der Waals surface area contributed by atoms with Crippen LogP contribution in [0.15, 0.2) is 48.5 Å². The zero-order chi connectivity index (χ0) is 14.5. The van der Waals surface area contributed by atoms with Crippen molar-refractivity contribution in [1.29, 1.82) is 0 Å². The Morgan fingerprint density at radius 1 is 1.10 bits per heavy atom. The average Bonchev–Trinajstić information content (AvgIpc) is 2.49. The van der Waals surface area contributed by atoms with Gasteiger partial charge in [0.15, 0.2) is 5.78 Å². The van der Waals surface area contributed by atoms with Crippen molar-refractivity contribution < 1.29 is 18.7 Å². The maximum atomic E-state index is 13.5. The highest BCUT2D eigenvalue weighted by Gasteiger charge is 2.14. The van der Waals surface area contributed by atoms with Crippen LogP contribution in [0.25, 0.3) is 0 Å². The standard InChI is InChI=1S/C16H13FO3/c1-20-16(19)13-9-11(7-8-14(13)17)10-15(18)12-5-3-2-4-6-12/h2-9H,10H2,1H3. The molecule has 0 aromatic heterocycles. The van der Waals surface area contributed by atoms with Crippen molar-refractivity contribution in [2.45, 2.75) is 6.42 Å². The van der Waals surface area contributed by atoms with E-state index in [4.69, 9.17) is 0 Å². The first-order valence-corrected chi connectivity index (χ1v) is 6.07. The van der Waals surface area contributed by atoms with E-state index in [1.54, 1.807) is 24.3 Å². The van der Waals surface area contributed by atoms with Crippen LogP contribution in [0.1, 0.15) is 26.3 Å². The van der Waals surface area contributed by atoms with Crippen molar-refractivity contribution >= 4 is 11.8 Å². The summed E-state index contributed by atoms with van der Waals surface area (Å²) in [5.74, 6) is -1.50. The van der Waals surface area contributed by atoms with Crippen LogP contribution in [0.3, 0.4) is 0 Å². The van der Waals surface area contributed by atoms with Gasteiger partial charge < -0.3 is 4.74 Å². The molecule has 0 bridgehead atoms. The van der Waals surface area contributed by atoms with Crippen LogP contribution in [0.4, 0.5) is 4.39 Å². The number of rotatable bonds is 4. The van der Waals surface area contributed by atoms with E-state index < -0.39 is 11.8 Å². The molecule has 2 rings (SSSR count). The summed E-state index contributed by atoms with van der Waals surface area (Å²) in [5.41, 5.74) is 0.989. The summed E-state index contributed by atoms with van der Waals surface area (Å²) in [5, 5.41) is 0. The van der Waals surface area contributed by atoms with Gasteiger partial charge in [-0.05, 0) is 17.7 Å². The fourth-order valence-electron chi connectivity index (χ4n) is 1.86. The van der Waals surface area contributed by atoms with Crippen molar-refractivity contribution in [2.24, 2.45) is 0 Å². The lowest BCUT2D eigenvalue weighted by molar-refractivity contribution is 0.0595. The fourth-order valence-corrected chi connectivity index (χ4v) is 1.86. The third-order valence-corrected chi connectivity index (χ3v) is 2.90. The summed E-state index contributed by atoms with van der Waals surface area (Å²) in [6.45, 7) is 0. The minimum atomic E-state index is -0.753. The summed E-state index contributed by atoms with van der Waals surface area (Å²) >= 11 is 0. The molecule has 102 valence electrons. The Morgan fingerprint density at radius 3 is 2.45 bits per heavy atom. The molecule has 0 spiro atoms. The Kier molecular flexibility index (Phi) is 4.25. The molecular formula is C16H13FO3. The first kappa shape index (κ1) is 13.9. The zero-order valence-corrected chi connectivity index (χ0v) is 10.9. The summed E-state index contributed by atoms with van der Waals surface area (Å²) in [6, 6.07) is 12.8. The van der Waals surface area contributed by atoms with Crippen LogP contribution in [-0.2, 0) is 11.2 Å². The molecule has 2 aromatic rings. The highest BCUT2D eigenvalue weighted by atomic mass is 19.1. The van der Waals surface area contributed by atoms with Crippen LogP contribution in [0.2, 0.25) is 0 Å². The summed E-state index contributed by atoms with van der Waals surface area (Å²) in [6.07, 6.45) is 0.105. The van der Waals surface area contributed by atoms with E-state index in [1.165, 1.54) is 25.3 Å². The van der Waals surface area contributed by atoms with E-state index in [-0.39, 0.29) is 17.8 Å². The predicted octanol–water partition coefficient (Wildman–Crippen LogP) is 3.04. The summed E-state index contributed by atoms with van der Waals surface area (Å²) < 4.78 is 18.0. The molecule has 0 aliphatic carbocycles. The molecule has 0 aliphatic rings. The van der Waals surface area contributed by atoms with Crippen LogP contribution in [0.5, 0.6) is 0 Å². The Morgan fingerprint density at radius 2 is 1.80 bits per heavy atom. The number of carbonyl (C=O) groups excluding carboxylic acids is 2. The molecule has 4 heteroatoms. The summed E-state index contributed by atoms with van der Waals surface area (Å²) in [4.78, 5) is 23.4. The van der Waals surface area contributed by atoms with E-state index in [9.17, 15) is 14.0 Å². The molecule has 0 unspecified atom stereocenters. The van der Waals surface area contributed by atoms with Gasteiger partial charge in [-0.25, -0.2) is 9.18 Å². The van der Waals surface area contributed by atoms with Crippen LogP contribution in [-0.4, -0.2) is 18.9 Å². The topological polar surface area (TPSA) is 43.4 Å². The number of benzene rings is 2. The maximum absolute atomic E-state index is 13.5. The molecule has 2 aromatic carbocycles. The van der Waals surface area contributed by atoms with Crippen LogP contribution in [0, 0.1) is 5.82 Å². The van der Waals surface area contributed by atoms with Crippen LogP contribution < -0.4 is 0 Å². The van der Waals surface area contributed by atoms with E-state index >= 15 is 0 Å². The minimum absolute atomic E-state index is 0.0898. The monoisotopic (exact) mass is 272 g/mol. The van der Waals surface area contributed by atoms with E-state index in [0.29, 0.717) is 11.1 Å². The third-order valence-electron chi connectivity index (χ3n) is 2.90. The summed E-state index contributed by atoms with van der Waals surface area (Å²) in [7, 11) is 1.18. The Bertz CT molecular complexity index is 635. The maximum Gasteiger partial charge on any atom is 0.340 e. The van der Waals surface area contributed by atoms with Gasteiger partial charge in [0.25, 0.3) is 0 Å². The van der Waals surface area contributed by atoms with E-state index in [0.717, 1.165) is 0 Å².